The molecule has 0 spiro atoms. The van der Waals surface area contributed by atoms with E-state index in [0.717, 1.165) is 6.92 Å². The van der Waals surface area contributed by atoms with Crippen LogP contribution in [-0.2, 0) is 21.4 Å². The van der Waals surface area contributed by atoms with Gasteiger partial charge in [0.05, 0.1) is 12.8 Å². The summed E-state index contributed by atoms with van der Waals surface area (Å²) in [5, 5.41) is 2.86. The number of carbonyl (C=O) groups is 1. The summed E-state index contributed by atoms with van der Waals surface area (Å²) >= 11 is 0. The summed E-state index contributed by atoms with van der Waals surface area (Å²) < 4.78 is 31.0. The van der Waals surface area contributed by atoms with Gasteiger partial charge in [-0.3, -0.25) is 4.79 Å². The van der Waals surface area contributed by atoms with Crippen LogP contribution in [0.5, 0.6) is 0 Å². The molecule has 2 heterocycles. The summed E-state index contributed by atoms with van der Waals surface area (Å²) in [6.45, 7) is 1.41. The van der Waals surface area contributed by atoms with Gasteiger partial charge >= 0.3 is 0 Å². The fourth-order valence-corrected chi connectivity index (χ4v) is 2.69. The fourth-order valence-electron chi connectivity index (χ4n) is 1.57. The number of furan rings is 1. The van der Waals surface area contributed by atoms with Crippen LogP contribution in [0.15, 0.2) is 46.0 Å². The first-order chi connectivity index (χ1) is 9.49. The van der Waals surface area contributed by atoms with Gasteiger partial charge in [0, 0.05) is 13.1 Å². The normalized spacial score (nSPS) is 11.1. The van der Waals surface area contributed by atoms with E-state index in [0.29, 0.717) is 5.76 Å². The van der Waals surface area contributed by atoms with Gasteiger partial charge in [0.25, 0.3) is 10.0 Å². The quantitative estimate of drug-likeness (QED) is 0.857. The molecule has 0 unspecified atom stereocenters. The Bertz CT molecular complexity index is 695. The van der Waals surface area contributed by atoms with Crippen molar-refractivity contribution in [2.45, 2.75) is 18.4 Å². The van der Waals surface area contributed by atoms with Crippen molar-refractivity contribution < 1.29 is 17.6 Å². The smallest absolute Gasteiger partial charge is 0.267 e. The first-order valence-corrected chi connectivity index (χ1v) is 7.22. The Kier molecular flexibility index (Phi) is 4.04. The highest BCUT2D eigenvalue weighted by atomic mass is 32.2. The maximum atomic E-state index is 12.0. The zero-order valence-corrected chi connectivity index (χ0v) is 11.5. The molecule has 7 nitrogen and oxygen atoms in total. The maximum absolute atomic E-state index is 12.0. The number of hydrogen-bond acceptors (Lipinski definition) is 6. The largest absolute Gasteiger partial charge is 0.467 e. The lowest BCUT2D eigenvalue weighted by molar-refractivity contribution is -0.117. The molecule has 2 aromatic heterocycles. The van der Waals surface area contributed by atoms with Gasteiger partial charge in [0.2, 0.25) is 5.91 Å². The first-order valence-electron chi connectivity index (χ1n) is 5.74. The van der Waals surface area contributed by atoms with E-state index in [1.54, 1.807) is 12.1 Å². The van der Waals surface area contributed by atoms with Crippen molar-refractivity contribution in [2.75, 3.05) is 5.32 Å². The van der Waals surface area contributed by atoms with Gasteiger partial charge in [0.1, 0.15) is 16.5 Å². The molecule has 0 saturated carbocycles. The molecule has 20 heavy (non-hydrogen) atoms. The highest BCUT2D eigenvalue weighted by molar-refractivity contribution is 7.90. The van der Waals surface area contributed by atoms with Crippen LogP contribution in [-0.4, -0.2) is 19.3 Å². The molecule has 0 saturated heterocycles. The topological polar surface area (TPSA) is 101 Å². The van der Waals surface area contributed by atoms with Gasteiger partial charge in [-0.05, 0) is 24.3 Å². The van der Waals surface area contributed by atoms with Crippen molar-refractivity contribution >= 4 is 21.7 Å². The molecule has 0 radical (unpaired) electrons. The van der Waals surface area contributed by atoms with Crippen molar-refractivity contribution in [1.82, 2.24) is 9.71 Å². The van der Waals surface area contributed by atoms with E-state index in [9.17, 15) is 13.2 Å². The fraction of sp³-hybridized carbons (Fsp3) is 0.167. The zero-order chi connectivity index (χ0) is 14.6. The Balaban J connectivity index is 2.24. The minimum absolute atomic E-state index is 0.0956. The Morgan fingerprint density at radius 3 is 2.80 bits per heavy atom. The standard InChI is InChI=1S/C12H13N3O4S/c1-9(16)15-20(17,18)11-5-2-6-13-12(11)14-8-10-4-3-7-19-10/h2-7H,8H2,1H3,(H,13,14)(H,15,16). The Hall–Kier alpha value is -2.35. The number of carbonyl (C=O) groups excluding carboxylic acids is 1. The third kappa shape index (κ3) is 3.35. The number of pyridine rings is 1. The second kappa shape index (κ2) is 5.74. The Morgan fingerprint density at radius 1 is 1.35 bits per heavy atom. The zero-order valence-electron chi connectivity index (χ0n) is 10.7. The number of sulfonamides is 1. The molecule has 2 N–H and O–H groups in total. The van der Waals surface area contributed by atoms with Crippen LogP contribution in [0.1, 0.15) is 12.7 Å². The van der Waals surface area contributed by atoms with Gasteiger partial charge in [-0.15, -0.1) is 0 Å². The molecule has 2 rings (SSSR count). The van der Waals surface area contributed by atoms with Crippen LogP contribution in [0.3, 0.4) is 0 Å². The predicted molar refractivity (Wildman–Crippen MR) is 71.3 cm³/mol. The summed E-state index contributed by atoms with van der Waals surface area (Å²) in [5.41, 5.74) is 0. The summed E-state index contributed by atoms with van der Waals surface area (Å²) in [7, 11) is -3.94. The minimum Gasteiger partial charge on any atom is -0.467 e. The molecular weight excluding hydrogens is 282 g/mol. The monoisotopic (exact) mass is 295 g/mol. The van der Waals surface area contributed by atoms with E-state index >= 15 is 0 Å². The minimum atomic E-state index is -3.94. The average molecular weight is 295 g/mol. The van der Waals surface area contributed by atoms with Crippen molar-refractivity contribution in [3.05, 3.63) is 42.5 Å². The molecule has 8 heteroatoms. The van der Waals surface area contributed by atoms with E-state index in [1.807, 2.05) is 4.72 Å². The van der Waals surface area contributed by atoms with Crippen molar-refractivity contribution in [1.29, 1.82) is 0 Å². The molecule has 0 aliphatic carbocycles. The third-order valence-electron chi connectivity index (χ3n) is 2.35. The van der Waals surface area contributed by atoms with E-state index in [-0.39, 0.29) is 17.3 Å². The molecule has 1 amide bonds. The number of nitrogens with one attached hydrogen (secondary N) is 2. The average Bonchev–Trinajstić information content (AvgIpc) is 2.88. The van der Waals surface area contributed by atoms with Crippen LogP contribution in [0.4, 0.5) is 5.82 Å². The number of amides is 1. The molecule has 0 aromatic carbocycles. The van der Waals surface area contributed by atoms with Crippen LogP contribution in [0.2, 0.25) is 0 Å². The molecule has 0 bridgehead atoms. The van der Waals surface area contributed by atoms with Crippen LogP contribution >= 0.6 is 0 Å². The molecule has 0 atom stereocenters. The van der Waals surface area contributed by atoms with E-state index in [1.165, 1.54) is 24.6 Å². The third-order valence-corrected chi connectivity index (χ3v) is 3.81. The Morgan fingerprint density at radius 2 is 2.15 bits per heavy atom. The molecule has 0 aliphatic heterocycles. The van der Waals surface area contributed by atoms with Crippen LogP contribution in [0.25, 0.3) is 0 Å². The molecular formula is C12H13N3O4S. The predicted octanol–water partition coefficient (Wildman–Crippen LogP) is 1.11. The molecule has 106 valence electrons. The van der Waals surface area contributed by atoms with Gasteiger partial charge < -0.3 is 9.73 Å². The SMILES string of the molecule is CC(=O)NS(=O)(=O)c1cccnc1NCc1ccco1. The van der Waals surface area contributed by atoms with Gasteiger partial charge in [-0.2, -0.15) is 0 Å². The lowest BCUT2D eigenvalue weighted by Gasteiger charge is -2.10. The number of aromatic nitrogens is 1. The van der Waals surface area contributed by atoms with Crippen LogP contribution in [0, 0.1) is 0 Å². The van der Waals surface area contributed by atoms with Crippen LogP contribution < -0.4 is 10.0 Å². The summed E-state index contributed by atoms with van der Waals surface area (Å²) in [6, 6.07) is 6.32. The highest BCUT2D eigenvalue weighted by Gasteiger charge is 2.20. The molecule has 0 fully saturated rings. The van der Waals surface area contributed by atoms with Crippen molar-refractivity contribution in [3.63, 3.8) is 0 Å². The summed E-state index contributed by atoms with van der Waals surface area (Å²) in [6.07, 6.45) is 2.97. The summed E-state index contributed by atoms with van der Waals surface area (Å²) in [5.74, 6) is 0.127. The van der Waals surface area contributed by atoms with Crippen molar-refractivity contribution in [3.8, 4) is 0 Å². The van der Waals surface area contributed by atoms with Gasteiger partial charge in [-0.1, -0.05) is 0 Å². The molecule has 0 aliphatic rings. The Labute approximate surface area is 116 Å². The maximum Gasteiger partial charge on any atom is 0.267 e. The highest BCUT2D eigenvalue weighted by Crippen LogP contribution is 2.18. The van der Waals surface area contributed by atoms with Crippen molar-refractivity contribution in [2.24, 2.45) is 0 Å². The number of anilines is 1. The van der Waals surface area contributed by atoms with E-state index in [4.69, 9.17) is 4.42 Å². The van der Waals surface area contributed by atoms with E-state index in [2.05, 4.69) is 10.3 Å². The number of nitrogens with zero attached hydrogens (tertiary/aromatic N) is 1. The first kappa shape index (κ1) is 14.1. The second-order valence-electron chi connectivity index (χ2n) is 3.94. The van der Waals surface area contributed by atoms with Gasteiger partial charge in [0.15, 0.2) is 0 Å². The summed E-state index contributed by atoms with van der Waals surface area (Å²) in [4.78, 5) is 14.8. The molecule has 2 aromatic rings. The lowest BCUT2D eigenvalue weighted by Crippen LogP contribution is -2.29. The van der Waals surface area contributed by atoms with Gasteiger partial charge in [-0.25, -0.2) is 18.1 Å². The number of rotatable bonds is 5. The lowest BCUT2D eigenvalue weighted by atomic mass is 10.4. The second-order valence-corrected chi connectivity index (χ2v) is 5.60. The number of hydrogen-bond donors (Lipinski definition) is 2. The van der Waals surface area contributed by atoms with E-state index < -0.39 is 15.9 Å².